The van der Waals surface area contributed by atoms with E-state index in [0.717, 1.165) is 6.42 Å². The van der Waals surface area contributed by atoms with Crippen molar-refractivity contribution in [3.63, 3.8) is 0 Å². The number of carbonyl (C=O) groups is 1. The number of nitrogens with zero attached hydrogens (tertiary/aromatic N) is 1. The quantitative estimate of drug-likeness (QED) is 0.830. The molecule has 4 heteroatoms. The fourth-order valence-electron chi connectivity index (χ4n) is 2.20. The van der Waals surface area contributed by atoms with E-state index >= 15 is 0 Å². The van der Waals surface area contributed by atoms with Crippen molar-refractivity contribution in [2.24, 2.45) is 5.92 Å². The van der Waals surface area contributed by atoms with Crippen LogP contribution in [0.1, 0.15) is 47.8 Å². The van der Waals surface area contributed by atoms with Crippen LogP contribution in [0.4, 0.5) is 0 Å². The van der Waals surface area contributed by atoms with Gasteiger partial charge < -0.3 is 9.52 Å². The van der Waals surface area contributed by atoms with Crippen LogP contribution in [0.5, 0.6) is 0 Å². The van der Waals surface area contributed by atoms with Crippen molar-refractivity contribution in [1.82, 2.24) is 4.98 Å². The molecule has 4 nitrogen and oxygen atoms in total. The van der Waals surface area contributed by atoms with Gasteiger partial charge in [0.25, 0.3) is 0 Å². The van der Waals surface area contributed by atoms with Gasteiger partial charge in [-0.05, 0) is 25.7 Å². The van der Waals surface area contributed by atoms with Crippen LogP contribution < -0.4 is 0 Å². The van der Waals surface area contributed by atoms with Crippen LogP contribution in [0.25, 0.3) is 0 Å². The van der Waals surface area contributed by atoms with E-state index in [-0.39, 0.29) is 5.76 Å². The molecule has 1 aromatic rings. The molecule has 0 amide bonds. The Morgan fingerprint density at radius 1 is 1.53 bits per heavy atom. The molecule has 1 heterocycles. The van der Waals surface area contributed by atoms with E-state index in [2.05, 4.69) is 4.98 Å². The SMILES string of the molecule is Cc1nc(CC2CCCC2)oc1C(=O)O. The predicted molar refractivity (Wildman–Crippen MR) is 53.9 cm³/mol. The minimum Gasteiger partial charge on any atom is -0.475 e. The molecular weight excluding hydrogens is 194 g/mol. The topological polar surface area (TPSA) is 63.3 Å². The predicted octanol–water partition coefficient (Wildman–Crippen LogP) is 2.41. The number of carboxylic acid groups (broad SMARTS) is 1. The fraction of sp³-hybridized carbons (Fsp3) is 0.636. The van der Waals surface area contributed by atoms with Gasteiger partial charge in [-0.2, -0.15) is 0 Å². The summed E-state index contributed by atoms with van der Waals surface area (Å²) in [5, 5.41) is 8.81. The van der Waals surface area contributed by atoms with Gasteiger partial charge in [0.15, 0.2) is 5.89 Å². The molecule has 15 heavy (non-hydrogen) atoms. The second-order valence-corrected chi connectivity index (χ2v) is 4.18. The van der Waals surface area contributed by atoms with E-state index < -0.39 is 5.97 Å². The van der Waals surface area contributed by atoms with E-state index in [0.29, 0.717) is 17.5 Å². The molecule has 0 aliphatic heterocycles. The minimum atomic E-state index is -1.03. The van der Waals surface area contributed by atoms with Gasteiger partial charge in [-0.15, -0.1) is 0 Å². The first-order chi connectivity index (χ1) is 7.16. The van der Waals surface area contributed by atoms with Crippen LogP contribution in [0.15, 0.2) is 4.42 Å². The minimum absolute atomic E-state index is 0.0111. The average molecular weight is 209 g/mol. The van der Waals surface area contributed by atoms with E-state index in [1.165, 1.54) is 25.7 Å². The summed E-state index contributed by atoms with van der Waals surface area (Å²) in [5.74, 6) is 0.169. The largest absolute Gasteiger partial charge is 0.475 e. The van der Waals surface area contributed by atoms with Crippen LogP contribution in [-0.2, 0) is 6.42 Å². The number of hydrogen-bond acceptors (Lipinski definition) is 3. The first kappa shape index (κ1) is 10.2. The van der Waals surface area contributed by atoms with Crippen molar-refractivity contribution in [1.29, 1.82) is 0 Å². The number of aryl methyl sites for hydroxylation is 1. The molecular formula is C11H15NO3. The summed E-state index contributed by atoms with van der Waals surface area (Å²) in [5.41, 5.74) is 0.482. The third kappa shape index (κ3) is 2.19. The van der Waals surface area contributed by atoms with Crippen LogP contribution >= 0.6 is 0 Å². The Balaban J connectivity index is 2.08. The molecule has 1 aliphatic rings. The number of rotatable bonds is 3. The maximum absolute atomic E-state index is 10.7. The first-order valence-electron chi connectivity index (χ1n) is 5.36. The number of aromatic nitrogens is 1. The Kier molecular flexibility index (Phi) is 2.75. The molecule has 1 fully saturated rings. The lowest BCUT2D eigenvalue weighted by Crippen LogP contribution is -1.98. The zero-order valence-electron chi connectivity index (χ0n) is 8.82. The van der Waals surface area contributed by atoms with Crippen molar-refractivity contribution in [2.45, 2.75) is 39.0 Å². The summed E-state index contributed by atoms with van der Waals surface area (Å²) in [4.78, 5) is 14.9. The summed E-state index contributed by atoms with van der Waals surface area (Å²) in [6, 6.07) is 0. The maximum Gasteiger partial charge on any atom is 0.373 e. The Morgan fingerprint density at radius 3 is 2.73 bits per heavy atom. The van der Waals surface area contributed by atoms with Gasteiger partial charge >= 0.3 is 5.97 Å². The van der Waals surface area contributed by atoms with Gasteiger partial charge in [-0.25, -0.2) is 9.78 Å². The monoisotopic (exact) mass is 209 g/mol. The normalized spacial score (nSPS) is 17.1. The summed E-state index contributed by atoms with van der Waals surface area (Å²) in [6.07, 6.45) is 5.76. The number of carboxylic acids is 1. The molecule has 82 valence electrons. The van der Waals surface area contributed by atoms with Gasteiger partial charge in [0.05, 0.1) is 5.69 Å². The summed E-state index contributed by atoms with van der Waals surface area (Å²) in [7, 11) is 0. The van der Waals surface area contributed by atoms with Gasteiger partial charge in [0, 0.05) is 6.42 Å². The Bertz CT molecular complexity index is 364. The standard InChI is InChI=1S/C11H15NO3/c1-7-10(11(13)14)15-9(12-7)6-8-4-2-3-5-8/h8H,2-6H2,1H3,(H,13,14). The third-order valence-corrected chi connectivity index (χ3v) is 2.97. The number of oxazole rings is 1. The van der Waals surface area contributed by atoms with E-state index in [9.17, 15) is 4.79 Å². The number of aromatic carboxylic acids is 1. The summed E-state index contributed by atoms with van der Waals surface area (Å²) >= 11 is 0. The van der Waals surface area contributed by atoms with Gasteiger partial charge in [-0.1, -0.05) is 12.8 Å². The Labute approximate surface area is 88.3 Å². The molecule has 0 bridgehead atoms. The smallest absolute Gasteiger partial charge is 0.373 e. The lowest BCUT2D eigenvalue weighted by atomic mass is 10.0. The zero-order chi connectivity index (χ0) is 10.8. The summed E-state index contributed by atoms with van der Waals surface area (Å²) < 4.78 is 5.23. The van der Waals surface area contributed by atoms with Gasteiger partial charge in [0.2, 0.25) is 5.76 Å². The van der Waals surface area contributed by atoms with Crippen molar-refractivity contribution in [2.75, 3.05) is 0 Å². The molecule has 0 atom stereocenters. The molecule has 0 aromatic carbocycles. The van der Waals surface area contributed by atoms with Gasteiger partial charge in [0.1, 0.15) is 0 Å². The highest BCUT2D eigenvalue weighted by atomic mass is 16.4. The highest BCUT2D eigenvalue weighted by Crippen LogP contribution is 2.28. The Hall–Kier alpha value is -1.32. The average Bonchev–Trinajstić information content (AvgIpc) is 2.75. The van der Waals surface area contributed by atoms with Crippen molar-refractivity contribution < 1.29 is 14.3 Å². The van der Waals surface area contributed by atoms with E-state index in [1.807, 2.05) is 0 Å². The maximum atomic E-state index is 10.7. The molecule has 0 radical (unpaired) electrons. The fourth-order valence-corrected chi connectivity index (χ4v) is 2.20. The van der Waals surface area contributed by atoms with Crippen LogP contribution in [0, 0.1) is 12.8 Å². The second-order valence-electron chi connectivity index (χ2n) is 4.18. The van der Waals surface area contributed by atoms with Gasteiger partial charge in [-0.3, -0.25) is 0 Å². The van der Waals surface area contributed by atoms with Crippen LogP contribution in [-0.4, -0.2) is 16.1 Å². The molecule has 1 N–H and O–H groups in total. The molecule has 2 rings (SSSR count). The third-order valence-electron chi connectivity index (χ3n) is 2.97. The Morgan fingerprint density at radius 2 is 2.20 bits per heavy atom. The van der Waals surface area contributed by atoms with Crippen molar-refractivity contribution in [3.05, 3.63) is 17.3 Å². The molecule has 1 saturated carbocycles. The van der Waals surface area contributed by atoms with Crippen LogP contribution in [0.2, 0.25) is 0 Å². The highest BCUT2D eigenvalue weighted by Gasteiger charge is 2.21. The zero-order valence-corrected chi connectivity index (χ0v) is 8.82. The summed E-state index contributed by atoms with van der Waals surface area (Å²) in [6.45, 7) is 1.67. The molecule has 0 spiro atoms. The van der Waals surface area contributed by atoms with Crippen molar-refractivity contribution >= 4 is 5.97 Å². The van der Waals surface area contributed by atoms with Crippen molar-refractivity contribution in [3.8, 4) is 0 Å². The highest BCUT2D eigenvalue weighted by molar-refractivity contribution is 5.85. The van der Waals surface area contributed by atoms with E-state index in [4.69, 9.17) is 9.52 Å². The molecule has 0 saturated heterocycles. The second kappa shape index (κ2) is 4.04. The van der Waals surface area contributed by atoms with E-state index in [1.54, 1.807) is 6.92 Å². The first-order valence-corrected chi connectivity index (χ1v) is 5.36. The molecule has 1 aromatic heterocycles. The molecule has 1 aliphatic carbocycles. The lowest BCUT2D eigenvalue weighted by Gasteiger charge is -2.03. The van der Waals surface area contributed by atoms with Crippen LogP contribution in [0.3, 0.4) is 0 Å². The molecule has 0 unspecified atom stereocenters. The number of hydrogen-bond donors (Lipinski definition) is 1. The lowest BCUT2D eigenvalue weighted by molar-refractivity contribution is 0.0659.